The van der Waals surface area contributed by atoms with Crippen LogP contribution in [0.15, 0.2) is 53.1 Å². The monoisotopic (exact) mass is 494 g/mol. The van der Waals surface area contributed by atoms with Gasteiger partial charge in [0.15, 0.2) is 5.76 Å². The van der Waals surface area contributed by atoms with Crippen LogP contribution in [-0.4, -0.2) is 77.6 Å². The van der Waals surface area contributed by atoms with E-state index in [0.717, 1.165) is 76.5 Å². The molecule has 0 spiro atoms. The van der Waals surface area contributed by atoms with Crippen LogP contribution in [0.2, 0.25) is 0 Å². The Kier molecular flexibility index (Phi) is 7.29. The van der Waals surface area contributed by atoms with Crippen LogP contribution in [0.3, 0.4) is 0 Å². The standard InChI is InChI=1S/C26H30N4O4S/c1-18-27-25-13-22(7-8-26(25)35-18)33-17-20(31)15-29-9-11-30(12-10-29)16-23-14-24(28-34-23)19-3-5-21(32-2)6-4-19/h3-8,13-14,20,31H,9-12,15-17H2,1-2H3/t20-/m1/s1. The minimum absolute atomic E-state index is 0.265. The van der Waals surface area contributed by atoms with Crippen molar-refractivity contribution in [2.75, 3.05) is 46.4 Å². The van der Waals surface area contributed by atoms with E-state index in [9.17, 15) is 5.11 Å². The quantitative estimate of drug-likeness (QED) is 0.376. The lowest BCUT2D eigenvalue weighted by Crippen LogP contribution is -2.48. The Morgan fingerprint density at radius 1 is 1.03 bits per heavy atom. The van der Waals surface area contributed by atoms with E-state index >= 15 is 0 Å². The molecule has 2 aromatic carbocycles. The molecule has 1 aliphatic heterocycles. The SMILES string of the molecule is COc1ccc(-c2cc(CN3CCN(C[C@@H](O)COc4ccc5sc(C)nc5c4)CC3)on2)cc1. The maximum absolute atomic E-state index is 10.5. The number of nitrogens with zero attached hydrogens (tertiary/aromatic N) is 4. The lowest BCUT2D eigenvalue weighted by Gasteiger charge is -2.35. The summed E-state index contributed by atoms with van der Waals surface area (Å²) in [5.41, 5.74) is 2.77. The van der Waals surface area contributed by atoms with Crippen molar-refractivity contribution in [2.24, 2.45) is 0 Å². The average molecular weight is 495 g/mol. The van der Waals surface area contributed by atoms with Gasteiger partial charge in [-0.2, -0.15) is 0 Å². The van der Waals surface area contributed by atoms with E-state index in [1.165, 1.54) is 0 Å². The Bertz CT molecular complexity index is 1250. The summed E-state index contributed by atoms with van der Waals surface area (Å²) < 4.78 is 17.8. The van der Waals surface area contributed by atoms with Crippen molar-refractivity contribution in [1.82, 2.24) is 19.9 Å². The van der Waals surface area contributed by atoms with Crippen molar-refractivity contribution >= 4 is 21.6 Å². The average Bonchev–Trinajstić information content (AvgIpc) is 3.49. The predicted molar refractivity (Wildman–Crippen MR) is 136 cm³/mol. The Balaban J connectivity index is 1.05. The summed E-state index contributed by atoms with van der Waals surface area (Å²) in [6.45, 7) is 7.18. The fourth-order valence-electron chi connectivity index (χ4n) is 4.29. The molecule has 3 heterocycles. The number of aryl methyl sites for hydroxylation is 1. The van der Waals surface area contributed by atoms with E-state index < -0.39 is 6.10 Å². The first-order valence-electron chi connectivity index (χ1n) is 11.8. The molecule has 1 aliphatic rings. The molecule has 0 radical (unpaired) electrons. The molecule has 8 nitrogen and oxygen atoms in total. The largest absolute Gasteiger partial charge is 0.497 e. The lowest BCUT2D eigenvalue weighted by atomic mass is 10.1. The summed E-state index contributed by atoms with van der Waals surface area (Å²) in [6, 6.07) is 15.7. The number of thiazole rings is 1. The molecule has 9 heteroatoms. The number of fused-ring (bicyclic) bond motifs is 1. The molecule has 0 bridgehead atoms. The maximum atomic E-state index is 10.5. The number of hydrogen-bond acceptors (Lipinski definition) is 9. The highest BCUT2D eigenvalue weighted by molar-refractivity contribution is 7.18. The van der Waals surface area contributed by atoms with Gasteiger partial charge in [-0.05, 0) is 43.3 Å². The molecule has 5 rings (SSSR count). The molecule has 1 saturated heterocycles. The van der Waals surface area contributed by atoms with Crippen LogP contribution in [0.25, 0.3) is 21.5 Å². The lowest BCUT2D eigenvalue weighted by molar-refractivity contribution is 0.0430. The number of aliphatic hydroxyl groups is 1. The summed E-state index contributed by atoms with van der Waals surface area (Å²) in [5.74, 6) is 2.41. The van der Waals surface area contributed by atoms with E-state index in [0.29, 0.717) is 6.54 Å². The van der Waals surface area contributed by atoms with E-state index in [4.69, 9.17) is 14.0 Å². The van der Waals surface area contributed by atoms with Gasteiger partial charge in [0.2, 0.25) is 0 Å². The first-order valence-corrected chi connectivity index (χ1v) is 12.6. The third-order valence-electron chi connectivity index (χ3n) is 6.17. The molecule has 0 saturated carbocycles. The third-order valence-corrected chi connectivity index (χ3v) is 7.12. The first-order chi connectivity index (χ1) is 17.1. The number of piperazine rings is 1. The maximum Gasteiger partial charge on any atom is 0.151 e. The van der Waals surface area contributed by atoms with Gasteiger partial charge in [0.25, 0.3) is 0 Å². The van der Waals surface area contributed by atoms with Crippen molar-refractivity contribution in [1.29, 1.82) is 0 Å². The molecule has 0 aliphatic carbocycles. The summed E-state index contributed by atoms with van der Waals surface area (Å²) in [4.78, 5) is 9.13. The van der Waals surface area contributed by atoms with E-state index in [1.54, 1.807) is 18.4 Å². The predicted octanol–water partition coefficient (Wildman–Crippen LogP) is 3.83. The number of ether oxygens (including phenoxy) is 2. The van der Waals surface area contributed by atoms with Crippen LogP contribution in [0.1, 0.15) is 10.8 Å². The summed E-state index contributed by atoms with van der Waals surface area (Å²) in [5, 5.41) is 15.8. The van der Waals surface area contributed by atoms with Gasteiger partial charge in [-0.15, -0.1) is 11.3 Å². The number of hydrogen-bond donors (Lipinski definition) is 1. The van der Waals surface area contributed by atoms with E-state index in [-0.39, 0.29) is 6.61 Å². The van der Waals surface area contributed by atoms with Crippen molar-refractivity contribution < 1.29 is 19.1 Å². The number of methoxy groups -OCH3 is 1. The zero-order chi connectivity index (χ0) is 24.2. The highest BCUT2D eigenvalue weighted by Gasteiger charge is 2.21. The minimum atomic E-state index is -0.546. The van der Waals surface area contributed by atoms with Gasteiger partial charge >= 0.3 is 0 Å². The summed E-state index contributed by atoms with van der Waals surface area (Å²) in [7, 11) is 1.66. The second kappa shape index (κ2) is 10.7. The van der Waals surface area contributed by atoms with Crippen LogP contribution in [-0.2, 0) is 6.54 Å². The normalized spacial score (nSPS) is 16.0. The molecule has 0 unspecified atom stereocenters. The molecule has 4 aromatic rings. The molecule has 35 heavy (non-hydrogen) atoms. The Morgan fingerprint density at radius 2 is 1.77 bits per heavy atom. The van der Waals surface area contributed by atoms with Crippen LogP contribution < -0.4 is 9.47 Å². The molecule has 2 aromatic heterocycles. The van der Waals surface area contributed by atoms with Gasteiger partial charge in [-0.1, -0.05) is 5.16 Å². The van der Waals surface area contributed by atoms with Gasteiger partial charge < -0.3 is 19.1 Å². The molecular weight excluding hydrogens is 464 g/mol. The number of β-amino-alcohol motifs (C(OH)–C–C–N with tert-alkyl or cyclic N) is 1. The second-order valence-electron chi connectivity index (χ2n) is 8.81. The zero-order valence-corrected chi connectivity index (χ0v) is 20.8. The molecule has 184 valence electrons. The van der Waals surface area contributed by atoms with Gasteiger partial charge in [0, 0.05) is 50.4 Å². The highest BCUT2D eigenvalue weighted by Crippen LogP contribution is 2.26. The molecular formula is C26H30N4O4S. The van der Waals surface area contributed by atoms with Crippen molar-refractivity contribution in [2.45, 2.75) is 19.6 Å². The van der Waals surface area contributed by atoms with Crippen molar-refractivity contribution in [3.8, 4) is 22.8 Å². The van der Waals surface area contributed by atoms with E-state index in [2.05, 4.69) is 19.9 Å². The highest BCUT2D eigenvalue weighted by atomic mass is 32.1. The minimum Gasteiger partial charge on any atom is -0.497 e. The molecule has 1 N–H and O–H groups in total. The Hall–Kier alpha value is -2.98. The van der Waals surface area contributed by atoms with Crippen LogP contribution in [0.5, 0.6) is 11.5 Å². The topological polar surface area (TPSA) is 84.1 Å². The van der Waals surface area contributed by atoms with Crippen molar-refractivity contribution in [3.05, 3.63) is 59.3 Å². The molecule has 1 atom stereocenters. The Morgan fingerprint density at radius 3 is 2.54 bits per heavy atom. The summed E-state index contributed by atoms with van der Waals surface area (Å²) >= 11 is 1.67. The zero-order valence-electron chi connectivity index (χ0n) is 20.0. The summed E-state index contributed by atoms with van der Waals surface area (Å²) in [6.07, 6.45) is -0.546. The van der Waals surface area contributed by atoms with E-state index in [1.807, 2.05) is 55.5 Å². The number of aromatic nitrogens is 2. The van der Waals surface area contributed by atoms with Gasteiger partial charge in [0.05, 0.1) is 28.9 Å². The van der Waals surface area contributed by atoms with Crippen LogP contribution in [0.4, 0.5) is 0 Å². The van der Waals surface area contributed by atoms with Crippen molar-refractivity contribution in [3.63, 3.8) is 0 Å². The van der Waals surface area contributed by atoms with Crippen LogP contribution >= 0.6 is 11.3 Å². The molecule has 1 fully saturated rings. The van der Waals surface area contributed by atoms with Gasteiger partial charge in [0.1, 0.15) is 29.9 Å². The number of benzene rings is 2. The van der Waals surface area contributed by atoms with Crippen LogP contribution in [0, 0.1) is 6.92 Å². The second-order valence-corrected chi connectivity index (χ2v) is 10.0. The third kappa shape index (κ3) is 5.99. The number of rotatable bonds is 9. The fourth-order valence-corrected chi connectivity index (χ4v) is 5.10. The van der Waals surface area contributed by atoms with Gasteiger partial charge in [-0.25, -0.2) is 4.98 Å². The van der Waals surface area contributed by atoms with Gasteiger partial charge in [-0.3, -0.25) is 9.80 Å². The molecule has 0 amide bonds. The first kappa shape index (κ1) is 23.7. The Labute approximate surface area is 208 Å². The fraction of sp³-hybridized carbons (Fsp3) is 0.385. The number of aliphatic hydroxyl groups excluding tert-OH is 1. The smallest absolute Gasteiger partial charge is 0.151 e.